The van der Waals surface area contributed by atoms with Gasteiger partial charge in [-0.2, -0.15) is 0 Å². The highest BCUT2D eigenvalue weighted by molar-refractivity contribution is 5.54. The maximum atomic E-state index is 3.52. The molecule has 0 radical (unpaired) electrons. The van der Waals surface area contributed by atoms with Crippen LogP contribution in [0.25, 0.3) is 0 Å². The summed E-state index contributed by atoms with van der Waals surface area (Å²) in [5.41, 5.74) is 5.78. The molecule has 2 aromatic rings. The Morgan fingerprint density at radius 1 is 1.05 bits per heavy atom. The van der Waals surface area contributed by atoms with Gasteiger partial charge in [-0.3, -0.25) is 0 Å². The number of hydrogen-bond acceptors (Lipinski definition) is 2. The second-order valence-corrected chi connectivity index (χ2v) is 6.25. The molecule has 0 unspecified atom stereocenters. The molecule has 0 atom stereocenters. The molecule has 21 heavy (non-hydrogen) atoms. The van der Waals surface area contributed by atoms with Gasteiger partial charge in [0.05, 0.1) is 0 Å². The highest BCUT2D eigenvalue weighted by atomic mass is 15.2. The minimum atomic E-state index is 0.836. The second kappa shape index (κ2) is 5.53. The second-order valence-electron chi connectivity index (χ2n) is 6.25. The van der Waals surface area contributed by atoms with Crippen LogP contribution in [0, 0.1) is 0 Å². The Labute approximate surface area is 126 Å². The third kappa shape index (κ3) is 2.81. The van der Waals surface area contributed by atoms with Crippen molar-refractivity contribution in [3.63, 3.8) is 0 Å². The molecule has 1 fully saturated rings. The zero-order valence-corrected chi connectivity index (χ0v) is 12.4. The Morgan fingerprint density at radius 2 is 1.95 bits per heavy atom. The summed E-state index contributed by atoms with van der Waals surface area (Å²) in [5.74, 6) is 0.836. The maximum absolute atomic E-state index is 3.52. The molecular formula is C19H22N2. The molecule has 0 amide bonds. The number of fused-ring (bicyclic) bond motifs is 1. The summed E-state index contributed by atoms with van der Waals surface area (Å²) in [6, 6.07) is 18.0. The number of benzene rings is 2. The van der Waals surface area contributed by atoms with Gasteiger partial charge >= 0.3 is 0 Å². The Balaban J connectivity index is 1.60. The van der Waals surface area contributed by atoms with Gasteiger partial charge in [-0.25, -0.2) is 0 Å². The van der Waals surface area contributed by atoms with Crippen LogP contribution in [-0.2, 0) is 13.1 Å². The van der Waals surface area contributed by atoms with Gasteiger partial charge in [-0.1, -0.05) is 42.5 Å². The van der Waals surface area contributed by atoms with Crippen LogP contribution in [-0.4, -0.2) is 13.1 Å². The van der Waals surface area contributed by atoms with Crippen LogP contribution in [0.15, 0.2) is 48.5 Å². The number of nitrogens with one attached hydrogen (secondary N) is 1. The standard InChI is InChI=1S/C19H22N2/c1-2-7-19-18(5-1)13-20-10-11-21(19)14-15-4-3-6-17(12-15)16-8-9-16/h1-7,12,16,20H,8-11,13-14H2. The van der Waals surface area contributed by atoms with Crippen molar-refractivity contribution >= 4 is 5.69 Å². The first-order chi connectivity index (χ1) is 10.4. The summed E-state index contributed by atoms with van der Waals surface area (Å²) in [4.78, 5) is 2.52. The van der Waals surface area contributed by atoms with Gasteiger partial charge in [0, 0.05) is 31.9 Å². The van der Waals surface area contributed by atoms with Gasteiger partial charge < -0.3 is 10.2 Å². The van der Waals surface area contributed by atoms with Crippen molar-refractivity contribution in [1.29, 1.82) is 0 Å². The molecular weight excluding hydrogens is 256 g/mol. The third-order valence-corrected chi connectivity index (χ3v) is 4.58. The smallest absolute Gasteiger partial charge is 0.0430 e. The number of anilines is 1. The van der Waals surface area contributed by atoms with Crippen molar-refractivity contribution in [2.45, 2.75) is 31.8 Å². The normalized spacial score (nSPS) is 18.2. The van der Waals surface area contributed by atoms with E-state index in [0.717, 1.165) is 32.1 Å². The molecule has 1 N–H and O–H groups in total. The van der Waals surface area contributed by atoms with Gasteiger partial charge in [-0.15, -0.1) is 0 Å². The van der Waals surface area contributed by atoms with E-state index >= 15 is 0 Å². The molecule has 2 heteroatoms. The van der Waals surface area contributed by atoms with Crippen LogP contribution in [0.4, 0.5) is 5.69 Å². The highest BCUT2D eigenvalue weighted by Crippen LogP contribution is 2.40. The van der Waals surface area contributed by atoms with E-state index in [0.29, 0.717) is 0 Å². The van der Waals surface area contributed by atoms with Crippen LogP contribution in [0.3, 0.4) is 0 Å². The molecule has 108 valence electrons. The van der Waals surface area contributed by atoms with Crippen LogP contribution in [0.2, 0.25) is 0 Å². The molecule has 0 spiro atoms. The van der Waals surface area contributed by atoms with E-state index in [9.17, 15) is 0 Å². The zero-order chi connectivity index (χ0) is 14.1. The van der Waals surface area contributed by atoms with Crippen molar-refractivity contribution in [3.05, 3.63) is 65.2 Å². The van der Waals surface area contributed by atoms with E-state index in [1.807, 2.05) is 0 Å². The first-order valence-electron chi connectivity index (χ1n) is 8.02. The number of hydrogen-bond donors (Lipinski definition) is 1. The molecule has 1 aliphatic heterocycles. The molecule has 1 heterocycles. The lowest BCUT2D eigenvalue weighted by Gasteiger charge is -2.25. The van der Waals surface area contributed by atoms with Crippen molar-refractivity contribution in [1.82, 2.24) is 5.32 Å². The molecule has 4 rings (SSSR count). The minimum Gasteiger partial charge on any atom is -0.366 e. The number of nitrogens with zero attached hydrogens (tertiary/aromatic N) is 1. The third-order valence-electron chi connectivity index (χ3n) is 4.58. The average molecular weight is 278 g/mol. The monoisotopic (exact) mass is 278 g/mol. The van der Waals surface area contributed by atoms with Crippen molar-refractivity contribution in [2.24, 2.45) is 0 Å². The Bertz CT molecular complexity index is 631. The summed E-state index contributed by atoms with van der Waals surface area (Å²) in [7, 11) is 0. The maximum Gasteiger partial charge on any atom is 0.0430 e. The fraction of sp³-hybridized carbons (Fsp3) is 0.368. The van der Waals surface area contributed by atoms with Crippen molar-refractivity contribution in [2.75, 3.05) is 18.0 Å². The summed E-state index contributed by atoms with van der Waals surface area (Å²) >= 11 is 0. The van der Waals surface area contributed by atoms with E-state index in [4.69, 9.17) is 0 Å². The Kier molecular flexibility index (Phi) is 3.40. The number of para-hydroxylation sites is 1. The van der Waals surface area contributed by atoms with E-state index in [2.05, 4.69) is 58.7 Å². The van der Waals surface area contributed by atoms with Gasteiger partial charge in [0.15, 0.2) is 0 Å². The summed E-state index contributed by atoms with van der Waals surface area (Å²) in [5, 5.41) is 3.52. The molecule has 1 saturated carbocycles. The van der Waals surface area contributed by atoms with Crippen LogP contribution < -0.4 is 10.2 Å². The number of rotatable bonds is 3. The van der Waals surface area contributed by atoms with Crippen molar-refractivity contribution < 1.29 is 0 Å². The predicted octanol–water partition coefficient (Wildman–Crippen LogP) is 3.67. The minimum absolute atomic E-state index is 0.836. The van der Waals surface area contributed by atoms with Gasteiger partial charge in [0.2, 0.25) is 0 Å². The fourth-order valence-electron chi connectivity index (χ4n) is 3.27. The van der Waals surface area contributed by atoms with Gasteiger partial charge in [0.25, 0.3) is 0 Å². The SMILES string of the molecule is c1cc(CN2CCNCc3ccccc32)cc(C2CC2)c1. The van der Waals surface area contributed by atoms with E-state index in [1.165, 1.54) is 35.2 Å². The molecule has 2 nitrogen and oxygen atoms in total. The Morgan fingerprint density at radius 3 is 2.86 bits per heavy atom. The molecule has 2 aliphatic rings. The Hall–Kier alpha value is -1.80. The fourth-order valence-corrected chi connectivity index (χ4v) is 3.27. The quantitative estimate of drug-likeness (QED) is 0.921. The summed E-state index contributed by atoms with van der Waals surface area (Å²) < 4.78 is 0. The van der Waals surface area contributed by atoms with E-state index in [-0.39, 0.29) is 0 Å². The van der Waals surface area contributed by atoms with Crippen LogP contribution in [0.5, 0.6) is 0 Å². The molecule has 0 aromatic heterocycles. The van der Waals surface area contributed by atoms with E-state index in [1.54, 1.807) is 0 Å². The highest BCUT2D eigenvalue weighted by Gasteiger charge is 2.23. The largest absolute Gasteiger partial charge is 0.366 e. The molecule has 0 saturated heterocycles. The summed E-state index contributed by atoms with van der Waals surface area (Å²) in [6.45, 7) is 4.12. The van der Waals surface area contributed by atoms with Gasteiger partial charge in [-0.05, 0) is 41.5 Å². The van der Waals surface area contributed by atoms with E-state index < -0.39 is 0 Å². The molecule has 2 aromatic carbocycles. The molecule has 1 aliphatic carbocycles. The lowest BCUT2D eigenvalue weighted by molar-refractivity contribution is 0.688. The summed E-state index contributed by atoms with van der Waals surface area (Å²) in [6.07, 6.45) is 2.75. The topological polar surface area (TPSA) is 15.3 Å². The van der Waals surface area contributed by atoms with Crippen molar-refractivity contribution in [3.8, 4) is 0 Å². The first-order valence-corrected chi connectivity index (χ1v) is 8.02. The lowest BCUT2D eigenvalue weighted by Crippen LogP contribution is -2.28. The zero-order valence-electron chi connectivity index (χ0n) is 12.4. The lowest BCUT2D eigenvalue weighted by atomic mass is 10.1. The van der Waals surface area contributed by atoms with Gasteiger partial charge in [0.1, 0.15) is 0 Å². The van der Waals surface area contributed by atoms with Crippen LogP contribution in [0.1, 0.15) is 35.4 Å². The average Bonchev–Trinajstić information content (AvgIpc) is 3.36. The predicted molar refractivity (Wildman–Crippen MR) is 87.6 cm³/mol. The molecule has 0 bridgehead atoms. The first kappa shape index (κ1) is 12.9. The van der Waals surface area contributed by atoms with Crippen LogP contribution >= 0.6 is 0 Å².